The van der Waals surface area contributed by atoms with Gasteiger partial charge < -0.3 is 15.2 Å². The van der Waals surface area contributed by atoms with E-state index in [1.165, 1.54) is 0 Å². The Bertz CT molecular complexity index is 331. The summed E-state index contributed by atoms with van der Waals surface area (Å²) in [5.41, 5.74) is 1.16. The van der Waals surface area contributed by atoms with Gasteiger partial charge in [-0.3, -0.25) is 0 Å². The molecule has 0 spiro atoms. The number of ether oxygens (including phenoxy) is 1. The number of nitrogens with one attached hydrogen (secondary N) is 1. The molecule has 2 N–H and O–H groups in total. The Labute approximate surface area is 111 Å². The lowest BCUT2D eigenvalue weighted by Crippen LogP contribution is -2.08. The standard InChI is InChI=1S/C13H20BrNO2/c1-15-10-11-6-5-7-12(14)13(11)17-9-4-2-3-8-16/h5-7,15-16H,2-4,8-10H2,1H3. The molecule has 0 aliphatic rings. The van der Waals surface area contributed by atoms with Crippen LogP contribution in [0.4, 0.5) is 0 Å². The molecule has 0 amide bonds. The van der Waals surface area contributed by atoms with Crippen molar-refractivity contribution < 1.29 is 9.84 Å². The van der Waals surface area contributed by atoms with Gasteiger partial charge >= 0.3 is 0 Å². The number of hydrogen-bond acceptors (Lipinski definition) is 3. The molecule has 0 saturated carbocycles. The predicted molar refractivity (Wildman–Crippen MR) is 73.3 cm³/mol. The summed E-state index contributed by atoms with van der Waals surface area (Å²) >= 11 is 3.51. The Morgan fingerprint density at radius 2 is 2.12 bits per heavy atom. The van der Waals surface area contributed by atoms with Crippen LogP contribution in [0.25, 0.3) is 0 Å². The fourth-order valence-electron chi connectivity index (χ4n) is 1.61. The van der Waals surface area contributed by atoms with Crippen molar-refractivity contribution in [2.75, 3.05) is 20.3 Å². The highest BCUT2D eigenvalue weighted by molar-refractivity contribution is 9.10. The van der Waals surface area contributed by atoms with Crippen molar-refractivity contribution >= 4 is 15.9 Å². The number of rotatable bonds is 8. The summed E-state index contributed by atoms with van der Waals surface area (Å²) in [4.78, 5) is 0. The number of para-hydroxylation sites is 1. The smallest absolute Gasteiger partial charge is 0.137 e. The zero-order valence-corrected chi connectivity index (χ0v) is 11.8. The summed E-state index contributed by atoms with van der Waals surface area (Å²) in [5.74, 6) is 0.922. The van der Waals surface area contributed by atoms with Gasteiger partial charge in [-0.25, -0.2) is 0 Å². The van der Waals surface area contributed by atoms with Crippen molar-refractivity contribution in [1.29, 1.82) is 0 Å². The van der Waals surface area contributed by atoms with E-state index in [4.69, 9.17) is 9.84 Å². The minimum absolute atomic E-state index is 0.264. The molecule has 0 bridgehead atoms. The van der Waals surface area contributed by atoms with Crippen LogP contribution in [0.2, 0.25) is 0 Å². The van der Waals surface area contributed by atoms with Crippen LogP contribution < -0.4 is 10.1 Å². The first-order valence-corrected chi connectivity index (χ1v) is 6.74. The first-order valence-electron chi connectivity index (χ1n) is 5.95. The third kappa shape index (κ3) is 5.06. The summed E-state index contributed by atoms with van der Waals surface area (Å²) in [6, 6.07) is 6.06. The molecule has 1 rings (SSSR count). The van der Waals surface area contributed by atoms with Gasteiger partial charge in [-0.15, -0.1) is 0 Å². The quantitative estimate of drug-likeness (QED) is 0.726. The molecule has 0 aliphatic heterocycles. The van der Waals surface area contributed by atoms with Gasteiger partial charge in [-0.2, -0.15) is 0 Å². The zero-order valence-electron chi connectivity index (χ0n) is 10.2. The number of aliphatic hydroxyl groups is 1. The molecule has 4 heteroatoms. The fourth-order valence-corrected chi connectivity index (χ4v) is 2.13. The molecule has 0 fully saturated rings. The summed E-state index contributed by atoms with van der Waals surface area (Å²) in [7, 11) is 1.92. The SMILES string of the molecule is CNCc1cccc(Br)c1OCCCCCO. The van der Waals surface area contributed by atoms with Crippen molar-refractivity contribution in [2.24, 2.45) is 0 Å². The van der Waals surface area contributed by atoms with E-state index in [0.29, 0.717) is 6.61 Å². The average Bonchev–Trinajstić information content (AvgIpc) is 2.32. The van der Waals surface area contributed by atoms with Crippen molar-refractivity contribution in [3.05, 3.63) is 28.2 Å². The first kappa shape index (κ1) is 14.5. The molecule has 0 unspecified atom stereocenters. The van der Waals surface area contributed by atoms with E-state index in [-0.39, 0.29) is 6.61 Å². The lowest BCUT2D eigenvalue weighted by Gasteiger charge is -2.13. The van der Waals surface area contributed by atoms with Gasteiger partial charge in [-0.1, -0.05) is 12.1 Å². The number of benzene rings is 1. The van der Waals surface area contributed by atoms with E-state index in [1.807, 2.05) is 19.2 Å². The van der Waals surface area contributed by atoms with Crippen molar-refractivity contribution in [1.82, 2.24) is 5.32 Å². The summed E-state index contributed by atoms with van der Waals surface area (Å²) in [6.07, 6.45) is 2.83. The number of unbranched alkanes of at least 4 members (excludes halogenated alkanes) is 2. The van der Waals surface area contributed by atoms with Crippen LogP contribution >= 0.6 is 15.9 Å². The van der Waals surface area contributed by atoms with Crippen molar-refractivity contribution in [2.45, 2.75) is 25.8 Å². The Morgan fingerprint density at radius 1 is 1.29 bits per heavy atom. The third-order valence-corrected chi connectivity index (χ3v) is 3.09. The molecule has 17 heavy (non-hydrogen) atoms. The van der Waals surface area contributed by atoms with E-state index in [1.54, 1.807) is 0 Å². The largest absolute Gasteiger partial charge is 0.492 e. The van der Waals surface area contributed by atoms with E-state index >= 15 is 0 Å². The Balaban J connectivity index is 2.50. The van der Waals surface area contributed by atoms with Crippen LogP contribution in [0, 0.1) is 0 Å². The van der Waals surface area contributed by atoms with Crippen molar-refractivity contribution in [3.63, 3.8) is 0 Å². The van der Waals surface area contributed by atoms with Crippen LogP contribution in [-0.2, 0) is 6.54 Å². The highest BCUT2D eigenvalue weighted by atomic mass is 79.9. The van der Waals surface area contributed by atoms with E-state index in [2.05, 4.69) is 27.3 Å². The normalized spacial score (nSPS) is 10.5. The highest BCUT2D eigenvalue weighted by Crippen LogP contribution is 2.29. The molecule has 0 aromatic heterocycles. The second kappa shape index (κ2) is 8.50. The molecule has 3 nitrogen and oxygen atoms in total. The molecular formula is C13H20BrNO2. The Kier molecular flexibility index (Phi) is 7.24. The number of aliphatic hydroxyl groups excluding tert-OH is 1. The molecule has 1 aromatic rings. The number of hydrogen-bond donors (Lipinski definition) is 2. The average molecular weight is 302 g/mol. The van der Waals surface area contributed by atoms with E-state index < -0.39 is 0 Å². The van der Waals surface area contributed by atoms with Crippen LogP contribution in [0.1, 0.15) is 24.8 Å². The first-order chi connectivity index (χ1) is 8.29. The summed E-state index contributed by atoms with van der Waals surface area (Å²) < 4.78 is 6.79. The Morgan fingerprint density at radius 3 is 2.82 bits per heavy atom. The maximum atomic E-state index is 8.68. The molecular weight excluding hydrogens is 282 g/mol. The van der Waals surface area contributed by atoms with Gasteiger partial charge in [0, 0.05) is 18.7 Å². The summed E-state index contributed by atoms with van der Waals surface area (Å²) in [5, 5.41) is 11.8. The van der Waals surface area contributed by atoms with Crippen molar-refractivity contribution in [3.8, 4) is 5.75 Å². The Hall–Kier alpha value is -0.580. The van der Waals surface area contributed by atoms with Crippen LogP contribution in [0.15, 0.2) is 22.7 Å². The van der Waals surface area contributed by atoms with Gasteiger partial charge in [0.05, 0.1) is 11.1 Å². The van der Waals surface area contributed by atoms with Crippen LogP contribution in [-0.4, -0.2) is 25.4 Å². The summed E-state index contributed by atoms with van der Waals surface area (Å²) in [6.45, 7) is 1.75. The van der Waals surface area contributed by atoms with Crippen LogP contribution in [0.3, 0.4) is 0 Å². The monoisotopic (exact) mass is 301 g/mol. The lowest BCUT2D eigenvalue weighted by atomic mass is 10.2. The fraction of sp³-hybridized carbons (Fsp3) is 0.538. The molecule has 0 aliphatic carbocycles. The minimum atomic E-state index is 0.264. The maximum Gasteiger partial charge on any atom is 0.137 e. The molecule has 0 atom stereocenters. The minimum Gasteiger partial charge on any atom is -0.492 e. The van der Waals surface area contributed by atoms with E-state index in [0.717, 1.165) is 41.6 Å². The highest BCUT2D eigenvalue weighted by Gasteiger charge is 2.06. The second-order valence-electron chi connectivity index (χ2n) is 3.89. The lowest BCUT2D eigenvalue weighted by molar-refractivity contribution is 0.264. The van der Waals surface area contributed by atoms with Gasteiger partial charge in [0.15, 0.2) is 0 Å². The molecule has 0 saturated heterocycles. The zero-order chi connectivity index (χ0) is 12.5. The van der Waals surface area contributed by atoms with Gasteiger partial charge in [0.25, 0.3) is 0 Å². The van der Waals surface area contributed by atoms with E-state index in [9.17, 15) is 0 Å². The number of halogens is 1. The second-order valence-corrected chi connectivity index (χ2v) is 4.75. The topological polar surface area (TPSA) is 41.5 Å². The molecule has 0 heterocycles. The molecule has 0 radical (unpaired) electrons. The van der Waals surface area contributed by atoms with Gasteiger partial charge in [0.1, 0.15) is 5.75 Å². The van der Waals surface area contributed by atoms with Gasteiger partial charge in [0.2, 0.25) is 0 Å². The molecule has 96 valence electrons. The predicted octanol–water partition coefficient (Wildman–Crippen LogP) is 2.71. The maximum absolute atomic E-state index is 8.68. The van der Waals surface area contributed by atoms with Crippen LogP contribution in [0.5, 0.6) is 5.75 Å². The third-order valence-electron chi connectivity index (χ3n) is 2.46. The van der Waals surface area contributed by atoms with Gasteiger partial charge in [-0.05, 0) is 48.3 Å². The molecule has 1 aromatic carbocycles.